The van der Waals surface area contributed by atoms with Crippen LogP contribution < -0.4 is 5.32 Å². The maximum atomic E-state index is 12.7. The van der Waals surface area contributed by atoms with E-state index in [2.05, 4.69) is 10.3 Å². The quantitative estimate of drug-likeness (QED) is 0.915. The van der Waals surface area contributed by atoms with Crippen molar-refractivity contribution in [1.29, 1.82) is 0 Å². The van der Waals surface area contributed by atoms with Crippen LogP contribution in [0.4, 0.5) is 4.39 Å². The van der Waals surface area contributed by atoms with Gasteiger partial charge in [0.05, 0.1) is 0 Å². The second-order valence-corrected chi connectivity index (χ2v) is 4.32. The summed E-state index contributed by atoms with van der Waals surface area (Å²) in [5.74, 6) is -0.359. The monoisotopic (exact) mass is 258 g/mol. The molecule has 0 radical (unpaired) electrons. The first-order valence-corrected chi connectivity index (χ1v) is 6.10. The second-order valence-electron chi connectivity index (χ2n) is 4.32. The molecule has 1 aromatic heterocycles. The summed E-state index contributed by atoms with van der Waals surface area (Å²) in [4.78, 5) is 15.9. The molecule has 0 unspecified atom stereocenters. The molecular formula is C15H15FN2O. The first kappa shape index (κ1) is 13.2. The fourth-order valence-electron chi connectivity index (χ4n) is 1.79. The van der Waals surface area contributed by atoms with Crippen molar-refractivity contribution in [3.8, 4) is 0 Å². The summed E-state index contributed by atoms with van der Waals surface area (Å²) in [6, 6.07) is 7.98. The van der Waals surface area contributed by atoms with Gasteiger partial charge in [-0.15, -0.1) is 0 Å². The van der Waals surface area contributed by atoms with Crippen LogP contribution in [0.1, 0.15) is 21.5 Å². The van der Waals surface area contributed by atoms with E-state index < -0.39 is 0 Å². The number of halogens is 1. The maximum absolute atomic E-state index is 12.7. The molecule has 1 heterocycles. The Hall–Kier alpha value is -2.23. The molecule has 0 atom stereocenters. The van der Waals surface area contributed by atoms with Gasteiger partial charge in [0.1, 0.15) is 5.82 Å². The molecule has 1 N–H and O–H groups in total. The minimum atomic E-state index is -0.250. The van der Waals surface area contributed by atoms with Crippen LogP contribution in [0.2, 0.25) is 0 Å². The Morgan fingerprint density at radius 2 is 2.00 bits per heavy atom. The second kappa shape index (κ2) is 6.09. The number of rotatable bonds is 4. The normalized spacial score (nSPS) is 10.2. The SMILES string of the molecule is Cc1cnccc1C(=O)NCCc1ccc(F)cc1. The van der Waals surface area contributed by atoms with Crippen molar-refractivity contribution < 1.29 is 9.18 Å². The summed E-state index contributed by atoms with van der Waals surface area (Å²) >= 11 is 0. The van der Waals surface area contributed by atoms with Gasteiger partial charge in [0.2, 0.25) is 0 Å². The number of carbonyl (C=O) groups excluding carboxylic acids is 1. The van der Waals surface area contributed by atoms with Gasteiger partial charge in [0.15, 0.2) is 0 Å². The molecule has 0 aliphatic carbocycles. The first-order valence-electron chi connectivity index (χ1n) is 6.10. The molecular weight excluding hydrogens is 243 g/mol. The van der Waals surface area contributed by atoms with E-state index >= 15 is 0 Å². The Kier molecular flexibility index (Phi) is 4.23. The van der Waals surface area contributed by atoms with Gasteiger partial charge in [0.25, 0.3) is 5.91 Å². The van der Waals surface area contributed by atoms with E-state index in [1.54, 1.807) is 30.6 Å². The summed E-state index contributed by atoms with van der Waals surface area (Å²) in [7, 11) is 0. The topological polar surface area (TPSA) is 42.0 Å². The largest absolute Gasteiger partial charge is 0.352 e. The Bertz CT molecular complexity index is 567. The summed E-state index contributed by atoms with van der Waals surface area (Å²) in [6.07, 6.45) is 3.94. The van der Waals surface area contributed by atoms with Gasteiger partial charge in [-0.05, 0) is 42.7 Å². The van der Waals surface area contributed by atoms with Gasteiger partial charge in [-0.3, -0.25) is 9.78 Å². The highest BCUT2D eigenvalue weighted by atomic mass is 19.1. The predicted molar refractivity (Wildman–Crippen MR) is 71.4 cm³/mol. The number of aromatic nitrogens is 1. The van der Waals surface area contributed by atoms with Gasteiger partial charge in [-0.1, -0.05) is 12.1 Å². The van der Waals surface area contributed by atoms with Gasteiger partial charge in [-0.25, -0.2) is 4.39 Å². The molecule has 0 saturated carbocycles. The first-order chi connectivity index (χ1) is 9.16. The Morgan fingerprint density at radius 1 is 1.26 bits per heavy atom. The van der Waals surface area contributed by atoms with E-state index in [0.717, 1.165) is 11.1 Å². The van der Waals surface area contributed by atoms with Gasteiger partial charge < -0.3 is 5.32 Å². The van der Waals surface area contributed by atoms with Gasteiger partial charge in [-0.2, -0.15) is 0 Å². The predicted octanol–water partition coefficient (Wildman–Crippen LogP) is 2.50. The number of amides is 1. The lowest BCUT2D eigenvalue weighted by Gasteiger charge is -2.07. The molecule has 0 fully saturated rings. The Morgan fingerprint density at radius 3 is 2.68 bits per heavy atom. The van der Waals surface area contributed by atoms with Crippen molar-refractivity contribution in [1.82, 2.24) is 10.3 Å². The van der Waals surface area contributed by atoms with Crippen LogP contribution in [0.15, 0.2) is 42.7 Å². The van der Waals surface area contributed by atoms with Crippen molar-refractivity contribution >= 4 is 5.91 Å². The minimum Gasteiger partial charge on any atom is -0.352 e. The number of hydrogen-bond acceptors (Lipinski definition) is 2. The van der Waals surface area contributed by atoms with E-state index in [0.29, 0.717) is 18.5 Å². The summed E-state index contributed by atoms with van der Waals surface area (Å²) < 4.78 is 12.7. The van der Waals surface area contributed by atoms with Crippen LogP contribution in [0.25, 0.3) is 0 Å². The highest BCUT2D eigenvalue weighted by Crippen LogP contribution is 2.05. The van der Waals surface area contributed by atoms with Crippen molar-refractivity contribution in [3.05, 3.63) is 65.2 Å². The maximum Gasteiger partial charge on any atom is 0.251 e. The number of hydrogen-bond donors (Lipinski definition) is 1. The molecule has 19 heavy (non-hydrogen) atoms. The van der Waals surface area contributed by atoms with Gasteiger partial charge >= 0.3 is 0 Å². The number of pyridine rings is 1. The van der Waals surface area contributed by atoms with E-state index in [1.807, 2.05) is 6.92 Å². The van der Waals surface area contributed by atoms with Crippen molar-refractivity contribution in [3.63, 3.8) is 0 Å². The lowest BCUT2D eigenvalue weighted by Crippen LogP contribution is -2.26. The summed E-state index contributed by atoms with van der Waals surface area (Å²) in [5.41, 5.74) is 2.48. The molecule has 0 saturated heterocycles. The fraction of sp³-hybridized carbons (Fsp3) is 0.200. The third kappa shape index (κ3) is 3.61. The molecule has 2 aromatic rings. The molecule has 98 valence electrons. The van der Waals surface area contributed by atoms with Crippen LogP contribution in [0.5, 0.6) is 0 Å². The van der Waals surface area contributed by atoms with E-state index in [4.69, 9.17) is 0 Å². The number of carbonyl (C=O) groups is 1. The molecule has 0 aliphatic rings. The number of aryl methyl sites for hydroxylation is 1. The average Bonchev–Trinajstić information content (AvgIpc) is 2.41. The number of nitrogens with zero attached hydrogens (tertiary/aromatic N) is 1. The van der Waals surface area contributed by atoms with E-state index in [-0.39, 0.29) is 11.7 Å². The smallest absolute Gasteiger partial charge is 0.251 e. The van der Waals surface area contributed by atoms with Crippen molar-refractivity contribution in [2.75, 3.05) is 6.54 Å². The highest BCUT2D eigenvalue weighted by molar-refractivity contribution is 5.95. The average molecular weight is 258 g/mol. The molecule has 1 aromatic carbocycles. The van der Waals surface area contributed by atoms with Crippen LogP contribution >= 0.6 is 0 Å². The Balaban J connectivity index is 1.88. The van der Waals surface area contributed by atoms with Crippen LogP contribution in [-0.4, -0.2) is 17.4 Å². The van der Waals surface area contributed by atoms with E-state index in [9.17, 15) is 9.18 Å². The zero-order valence-electron chi connectivity index (χ0n) is 10.7. The van der Waals surface area contributed by atoms with Crippen LogP contribution in [-0.2, 0) is 6.42 Å². The Labute approximate surface area is 111 Å². The summed E-state index contributed by atoms with van der Waals surface area (Å²) in [5, 5.41) is 2.84. The molecule has 0 bridgehead atoms. The fourth-order valence-corrected chi connectivity index (χ4v) is 1.79. The third-order valence-corrected chi connectivity index (χ3v) is 2.88. The number of nitrogens with one attached hydrogen (secondary N) is 1. The molecule has 3 nitrogen and oxygen atoms in total. The van der Waals surface area contributed by atoms with Gasteiger partial charge in [0, 0.05) is 24.5 Å². The summed E-state index contributed by atoms with van der Waals surface area (Å²) in [6.45, 7) is 2.37. The molecule has 1 amide bonds. The molecule has 0 aliphatic heterocycles. The van der Waals surface area contributed by atoms with Crippen molar-refractivity contribution in [2.24, 2.45) is 0 Å². The number of benzene rings is 1. The zero-order chi connectivity index (χ0) is 13.7. The van der Waals surface area contributed by atoms with Crippen LogP contribution in [0, 0.1) is 12.7 Å². The highest BCUT2D eigenvalue weighted by Gasteiger charge is 2.07. The standard InChI is InChI=1S/C15H15FN2O/c1-11-10-17-8-7-14(11)15(19)18-9-6-12-2-4-13(16)5-3-12/h2-5,7-8,10H,6,9H2,1H3,(H,18,19). The lowest BCUT2D eigenvalue weighted by atomic mass is 10.1. The zero-order valence-corrected chi connectivity index (χ0v) is 10.7. The van der Waals surface area contributed by atoms with Crippen LogP contribution in [0.3, 0.4) is 0 Å². The molecule has 2 rings (SSSR count). The molecule has 0 spiro atoms. The molecule has 4 heteroatoms. The third-order valence-electron chi connectivity index (χ3n) is 2.88. The van der Waals surface area contributed by atoms with Crippen molar-refractivity contribution in [2.45, 2.75) is 13.3 Å². The minimum absolute atomic E-state index is 0.109. The lowest BCUT2D eigenvalue weighted by molar-refractivity contribution is 0.0953. The van der Waals surface area contributed by atoms with E-state index in [1.165, 1.54) is 12.1 Å².